The molecule has 0 aliphatic heterocycles. The zero-order valence-corrected chi connectivity index (χ0v) is 11.1. The van der Waals surface area contributed by atoms with E-state index in [1.807, 2.05) is 12.1 Å². The summed E-state index contributed by atoms with van der Waals surface area (Å²) in [5.41, 5.74) is 0. The Kier molecular flexibility index (Phi) is 3.69. The molecule has 0 radical (unpaired) electrons. The van der Waals surface area contributed by atoms with Crippen molar-refractivity contribution in [3.63, 3.8) is 0 Å². The highest BCUT2D eigenvalue weighted by Gasteiger charge is 2.02. The number of benzene rings is 1. The van der Waals surface area contributed by atoms with Crippen LogP contribution in [-0.2, 0) is 0 Å². The maximum absolute atomic E-state index is 5.87. The van der Waals surface area contributed by atoms with Crippen molar-refractivity contribution in [2.45, 2.75) is 0 Å². The van der Waals surface area contributed by atoms with E-state index in [0.29, 0.717) is 26.3 Å². The van der Waals surface area contributed by atoms with E-state index in [9.17, 15) is 0 Å². The molecule has 0 aliphatic rings. The van der Waals surface area contributed by atoms with E-state index in [1.165, 1.54) is 0 Å². The highest BCUT2D eigenvalue weighted by Crippen LogP contribution is 2.28. The van der Waals surface area contributed by atoms with Gasteiger partial charge in [0.15, 0.2) is 0 Å². The topological polar surface area (TPSA) is 22.1 Å². The van der Waals surface area contributed by atoms with Gasteiger partial charge in [0.05, 0.1) is 10.0 Å². The monoisotopic (exact) mass is 317 g/mol. The molecule has 2 aromatic rings. The molecule has 16 heavy (non-hydrogen) atoms. The van der Waals surface area contributed by atoms with Crippen molar-refractivity contribution in [1.82, 2.24) is 4.98 Å². The molecule has 0 fully saturated rings. The first-order valence-corrected chi connectivity index (χ1v) is 5.95. The lowest BCUT2D eigenvalue weighted by molar-refractivity contribution is 0.462. The first kappa shape index (κ1) is 11.7. The van der Waals surface area contributed by atoms with Gasteiger partial charge in [-0.2, -0.15) is 0 Å². The van der Waals surface area contributed by atoms with Gasteiger partial charge in [-0.3, -0.25) is 0 Å². The number of halogens is 3. The minimum Gasteiger partial charge on any atom is -0.439 e. The van der Waals surface area contributed by atoms with Gasteiger partial charge in [0.1, 0.15) is 10.4 Å². The summed E-state index contributed by atoms with van der Waals surface area (Å²) < 4.78 is 6.22. The Labute approximate surface area is 111 Å². The lowest BCUT2D eigenvalue weighted by Gasteiger charge is -2.05. The number of hydrogen-bond donors (Lipinski definition) is 0. The average molecular weight is 319 g/mol. The zero-order valence-electron chi connectivity index (χ0n) is 7.95. The molecule has 1 aromatic carbocycles. The minimum absolute atomic E-state index is 0.453. The fourth-order valence-electron chi connectivity index (χ4n) is 1.11. The molecule has 1 heterocycles. The molecule has 0 N–H and O–H groups in total. The smallest absolute Gasteiger partial charge is 0.220 e. The van der Waals surface area contributed by atoms with Crippen LogP contribution in [0, 0.1) is 0 Å². The number of pyridine rings is 1. The van der Waals surface area contributed by atoms with E-state index in [1.54, 1.807) is 24.3 Å². The molecular formula is C11H6BrCl2NO. The third-order valence-electron chi connectivity index (χ3n) is 1.80. The van der Waals surface area contributed by atoms with Crippen LogP contribution in [-0.4, -0.2) is 4.98 Å². The number of ether oxygens (including phenoxy) is 1. The molecule has 0 amide bonds. The van der Waals surface area contributed by atoms with E-state index in [4.69, 9.17) is 27.9 Å². The van der Waals surface area contributed by atoms with Gasteiger partial charge in [-0.25, -0.2) is 4.98 Å². The standard InChI is InChI=1S/C11H6BrCl2NO/c12-10-2-1-3-11(15-10)16-7-4-5-8(13)9(14)6-7/h1-6H. The van der Waals surface area contributed by atoms with Crippen molar-refractivity contribution in [3.8, 4) is 11.6 Å². The SMILES string of the molecule is Clc1ccc(Oc2cccc(Br)n2)cc1Cl. The summed E-state index contributed by atoms with van der Waals surface area (Å²) in [6, 6.07) is 10.5. The maximum atomic E-state index is 5.87. The van der Waals surface area contributed by atoms with Crippen LogP contribution in [0.15, 0.2) is 41.0 Å². The molecule has 0 spiro atoms. The van der Waals surface area contributed by atoms with Crippen LogP contribution in [0.25, 0.3) is 0 Å². The predicted octanol–water partition coefficient (Wildman–Crippen LogP) is 4.94. The Balaban J connectivity index is 2.24. The van der Waals surface area contributed by atoms with Gasteiger partial charge in [-0.1, -0.05) is 29.3 Å². The molecule has 0 saturated heterocycles. The Hall–Kier alpha value is -0.770. The maximum Gasteiger partial charge on any atom is 0.220 e. The summed E-state index contributed by atoms with van der Waals surface area (Å²) in [5.74, 6) is 1.09. The molecule has 0 bridgehead atoms. The van der Waals surface area contributed by atoms with Crippen LogP contribution in [0.5, 0.6) is 11.6 Å². The summed E-state index contributed by atoms with van der Waals surface area (Å²) >= 11 is 14.9. The van der Waals surface area contributed by atoms with Crippen LogP contribution in [0.4, 0.5) is 0 Å². The van der Waals surface area contributed by atoms with Gasteiger partial charge in [-0.15, -0.1) is 0 Å². The van der Waals surface area contributed by atoms with E-state index < -0.39 is 0 Å². The first-order chi connectivity index (χ1) is 7.65. The van der Waals surface area contributed by atoms with E-state index in [-0.39, 0.29) is 0 Å². The van der Waals surface area contributed by atoms with Crippen molar-refractivity contribution in [1.29, 1.82) is 0 Å². The molecule has 1 aromatic heterocycles. The fourth-order valence-corrected chi connectivity index (χ4v) is 1.72. The van der Waals surface area contributed by atoms with Crippen molar-refractivity contribution in [2.24, 2.45) is 0 Å². The molecular weight excluding hydrogens is 313 g/mol. The summed E-state index contributed by atoms with van der Waals surface area (Å²) in [5, 5.41) is 0.949. The highest BCUT2D eigenvalue weighted by molar-refractivity contribution is 9.10. The lowest BCUT2D eigenvalue weighted by Crippen LogP contribution is -1.87. The van der Waals surface area contributed by atoms with Crippen molar-refractivity contribution in [2.75, 3.05) is 0 Å². The molecule has 2 rings (SSSR count). The molecule has 0 atom stereocenters. The molecule has 0 unspecified atom stereocenters. The van der Waals surface area contributed by atoms with Crippen LogP contribution < -0.4 is 4.74 Å². The van der Waals surface area contributed by atoms with Gasteiger partial charge < -0.3 is 4.74 Å². The Morgan fingerprint density at radius 2 is 1.88 bits per heavy atom. The Morgan fingerprint density at radius 3 is 2.56 bits per heavy atom. The van der Waals surface area contributed by atoms with Crippen LogP contribution in [0.1, 0.15) is 0 Å². The number of aromatic nitrogens is 1. The first-order valence-electron chi connectivity index (χ1n) is 4.40. The normalized spacial score (nSPS) is 10.2. The molecule has 82 valence electrons. The molecule has 0 aliphatic carbocycles. The Bertz CT molecular complexity index is 519. The second kappa shape index (κ2) is 5.04. The third kappa shape index (κ3) is 2.88. The van der Waals surface area contributed by atoms with Gasteiger partial charge in [0.25, 0.3) is 0 Å². The minimum atomic E-state index is 0.453. The fraction of sp³-hybridized carbons (Fsp3) is 0. The predicted molar refractivity (Wildman–Crippen MR) is 68.5 cm³/mol. The van der Waals surface area contributed by atoms with Crippen molar-refractivity contribution in [3.05, 3.63) is 51.0 Å². The van der Waals surface area contributed by atoms with Crippen molar-refractivity contribution < 1.29 is 4.74 Å². The van der Waals surface area contributed by atoms with Gasteiger partial charge >= 0.3 is 0 Å². The summed E-state index contributed by atoms with van der Waals surface area (Å²) in [7, 11) is 0. The number of hydrogen-bond acceptors (Lipinski definition) is 2. The number of nitrogens with zero attached hydrogens (tertiary/aromatic N) is 1. The molecule has 0 saturated carbocycles. The molecule has 5 heteroatoms. The highest BCUT2D eigenvalue weighted by atomic mass is 79.9. The van der Waals surface area contributed by atoms with E-state index in [0.717, 1.165) is 0 Å². The molecule has 2 nitrogen and oxygen atoms in total. The average Bonchev–Trinajstić information content (AvgIpc) is 2.24. The van der Waals surface area contributed by atoms with E-state index >= 15 is 0 Å². The van der Waals surface area contributed by atoms with Crippen LogP contribution in [0.3, 0.4) is 0 Å². The van der Waals surface area contributed by atoms with Crippen LogP contribution in [0.2, 0.25) is 10.0 Å². The van der Waals surface area contributed by atoms with Gasteiger partial charge in [0.2, 0.25) is 5.88 Å². The van der Waals surface area contributed by atoms with Crippen molar-refractivity contribution >= 4 is 39.1 Å². The summed E-state index contributed by atoms with van der Waals surface area (Å²) in [6.07, 6.45) is 0. The quantitative estimate of drug-likeness (QED) is 0.731. The summed E-state index contributed by atoms with van der Waals surface area (Å²) in [4.78, 5) is 4.14. The van der Waals surface area contributed by atoms with Crippen LogP contribution >= 0.6 is 39.1 Å². The Morgan fingerprint density at radius 1 is 1.06 bits per heavy atom. The lowest BCUT2D eigenvalue weighted by atomic mass is 10.3. The third-order valence-corrected chi connectivity index (χ3v) is 2.98. The van der Waals surface area contributed by atoms with Gasteiger partial charge in [0, 0.05) is 12.1 Å². The largest absolute Gasteiger partial charge is 0.439 e. The second-order valence-corrected chi connectivity index (χ2v) is 4.60. The number of rotatable bonds is 2. The zero-order chi connectivity index (χ0) is 11.5. The second-order valence-electron chi connectivity index (χ2n) is 2.98. The summed E-state index contributed by atoms with van der Waals surface area (Å²) in [6.45, 7) is 0. The van der Waals surface area contributed by atoms with Gasteiger partial charge in [-0.05, 0) is 34.1 Å². The van der Waals surface area contributed by atoms with E-state index in [2.05, 4.69) is 20.9 Å².